The molecule has 8 heteroatoms. The van der Waals surface area contributed by atoms with Crippen LogP contribution >= 0.6 is 15.9 Å². The van der Waals surface area contributed by atoms with Gasteiger partial charge in [-0.15, -0.1) is 0 Å². The van der Waals surface area contributed by atoms with Crippen molar-refractivity contribution in [1.82, 2.24) is 0 Å². The molecular weight excluding hydrogens is 420 g/mol. The van der Waals surface area contributed by atoms with Crippen molar-refractivity contribution in [2.75, 3.05) is 15.4 Å². The minimum atomic E-state index is -3.65. The Morgan fingerprint density at radius 3 is 2.38 bits per heavy atom. The Balaban J connectivity index is 1.80. The van der Waals surface area contributed by atoms with Gasteiger partial charge in [-0.2, -0.15) is 0 Å². The highest BCUT2D eigenvalue weighted by molar-refractivity contribution is 9.10. The van der Waals surface area contributed by atoms with Gasteiger partial charge in [0.1, 0.15) is 0 Å². The van der Waals surface area contributed by atoms with Crippen LogP contribution < -0.4 is 9.62 Å². The van der Waals surface area contributed by atoms with E-state index in [4.69, 9.17) is 0 Å². The number of carbonyl (C=O) groups is 2. The summed E-state index contributed by atoms with van der Waals surface area (Å²) in [6, 6.07) is 11.4. The molecule has 0 aromatic heterocycles. The van der Waals surface area contributed by atoms with Crippen LogP contribution in [0.2, 0.25) is 0 Å². The Morgan fingerprint density at radius 1 is 1.19 bits per heavy atom. The molecule has 2 aromatic carbocycles. The zero-order valence-electron chi connectivity index (χ0n) is 14.2. The molecular formula is C18H17BrN2O4S. The molecule has 0 bridgehead atoms. The topological polar surface area (TPSA) is 83.6 Å². The van der Waals surface area contributed by atoms with Crippen LogP contribution in [-0.4, -0.2) is 26.0 Å². The monoisotopic (exact) mass is 436 g/mol. The zero-order chi connectivity index (χ0) is 19.1. The van der Waals surface area contributed by atoms with Gasteiger partial charge in [0.25, 0.3) is 5.91 Å². The van der Waals surface area contributed by atoms with E-state index in [1.807, 2.05) is 19.1 Å². The van der Waals surface area contributed by atoms with Gasteiger partial charge in [0.15, 0.2) is 0 Å². The number of hydrogen-bond acceptors (Lipinski definition) is 4. The molecule has 2 amide bonds. The summed E-state index contributed by atoms with van der Waals surface area (Å²) in [5.74, 6) is -1.53. The van der Waals surface area contributed by atoms with Gasteiger partial charge in [-0.25, -0.2) is 12.7 Å². The fourth-order valence-electron chi connectivity index (χ4n) is 2.76. The minimum absolute atomic E-state index is 0.197. The van der Waals surface area contributed by atoms with Crippen molar-refractivity contribution in [2.24, 2.45) is 5.92 Å². The van der Waals surface area contributed by atoms with Gasteiger partial charge in [0, 0.05) is 15.7 Å². The fraction of sp³-hybridized carbons (Fsp3) is 0.222. The van der Waals surface area contributed by atoms with Gasteiger partial charge in [0.2, 0.25) is 15.9 Å². The highest BCUT2D eigenvalue weighted by atomic mass is 79.9. The molecule has 0 radical (unpaired) electrons. The Hall–Kier alpha value is -2.19. The SMILES string of the molecule is Cc1cc(NC(=O)c2ccc(N3C(=O)C(C)CS3(=O)=O)cc2)ccc1Br. The lowest BCUT2D eigenvalue weighted by Crippen LogP contribution is -2.30. The molecule has 1 atom stereocenters. The van der Waals surface area contributed by atoms with Gasteiger partial charge in [0.05, 0.1) is 17.4 Å². The molecule has 1 aliphatic rings. The standard InChI is InChI=1S/C18H17BrN2O4S/c1-11-9-14(5-8-16(11)19)20-17(22)13-3-6-15(7-4-13)21-18(23)12(2)10-26(21,24)25/h3-9,12H,10H2,1-2H3,(H,20,22). The normalized spacial score (nSPS) is 18.8. The maximum Gasteiger partial charge on any atom is 0.255 e. The van der Waals surface area contributed by atoms with Crippen molar-refractivity contribution in [2.45, 2.75) is 13.8 Å². The summed E-state index contributed by atoms with van der Waals surface area (Å²) in [6.07, 6.45) is 0. The maximum atomic E-state index is 12.4. The van der Waals surface area contributed by atoms with Crippen molar-refractivity contribution in [3.63, 3.8) is 0 Å². The van der Waals surface area contributed by atoms with Gasteiger partial charge in [-0.1, -0.05) is 22.9 Å². The summed E-state index contributed by atoms with van der Waals surface area (Å²) in [6.45, 7) is 3.50. The van der Waals surface area contributed by atoms with E-state index >= 15 is 0 Å². The lowest BCUT2D eigenvalue weighted by Gasteiger charge is -2.15. The largest absolute Gasteiger partial charge is 0.322 e. The van der Waals surface area contributed by atoms with E-state index in [0.717, 1.165) is 14.3 Å². The molecule has 0 aliphatic carbocycles. The van der Waals surface area contributed by atoms with Crippen molar-refractivity contribution in [1.29, 1.82) is 0 Å². The number of nitrogens with one attached hydrogen (secondary N) is 1. The molecule has 3 rings (SSSR count). The quantitative estimate of drug-likeness (QED) is 0.799. The van der Waals surface area contributed by atoms with E-state index in [1.54, 1.807) is 13.0 Å². The second-order valence-electron chi connectivity index (χ2n) is 6.25. The van der Waals surface area contributed by atoms with Crippen LogP contribution in [0.4, 0.5) is 11.4 Å². The fourth-order valence-corrected chi connectivity index (χ4v) is 4.83. The molecule has 26 heavy (non-hydrogen) atoms. The van der Waals surface area contributed by atoms with Crippen molar-refractivity contribution < 1.29 is 18.0 Å². The predicted molar refractivity (Wildman–Crippen MR) is 104 cm³/mol. The number of sulfonamides is 1. The molecule has 0 saturated carbocycles. The number of halogens is 1. The molecule has 136 valence electrons. The molecule has 1 fully saturated rings. The summed E-state index contributed by atoms with van der Waals surface area (Å²) in [4.78, 5) is 24.5. The first kappa shape index (κ1) is 18.6. The van der Waals surface area contributed by atoms with Crippen LogP contribution in [0.25, 0.3) is 0 Å². The van der Waals surface area contributed by atoms with Gasteiger partial charge >= 0.3 is 0 Å². The van der Waals surface area contributed by atoms with Crippen LogP contribution in [0.1, 0.15) is 22.8 Å². The van der Waals surface area contributed by atoms with Crippen LogP contribution in [-0.2, 0) is 14.8 Å². The van der Waals surface area contributed by atoms with Gasteiger partial charge < -0.3 is 5.32 Å². The number of amides is 2. The first-order valence-electron chi connectivity index (χ1n) is 7.93. The average molecular weight is 437 g/mol. The molecule has 6 nitrogen and oxygen atoms in total. The Labute approximate surface area is 160 Å². The summed E-state index contributed by atoms with van der Waals surface area (Å²) >= 11 is 3.40. The molecule has 1 unspecified atom stereocenters. The van der Waals surface area contributed by atoms with Crippen LogP contribution in [0.15, 0.2) is 46.9 Å². The second-order valence-corrected chi connectivity index (χ2v) is 8.96. The molecule has 0 spiro atoms. The first-order chi connectivity index (χ1) is 12.2. The number of rotatable bonds is 3. The first-order valence-corrected chi connectivity index (χ1v) is 10.3. The maximum absolute atomic E-state index is 12.4. The number of aryl methyl sites for hydroxylation is 1. The Bertz CT molecular complexity index is 987. The van der Waals surface area contributed by atoms with Gasteiger partial charge in [-0.05, 0) is 55.0 Å². The molecule has 1 aliphatic heterocycles. The highest BCUT2D eigenvalue weighted by Gasteiger charge is 2.41. The Kier molecular flexibility index (Phi) is 4.90. The summed E-state index contributed by atoms with van der Waals surface area (Å²) in [5, 5.41) is 2.79. The summed E-state index contributed by atoms with van der Waals surface area (Å²) in [5.41, 5.74) is 2.26. The third-order valence-corrected chi connectivity index (χ3v) is 6.90. The molecule has 2 aromatic rings. The lowest BCUT2D eigenvalue weighted by atomic mass is 10.1. The van der Waals surface area contributed by atoms with Gasteiger partial charge in [-0.3, -0.25) is 9.59 Å². The average Bonchev–Trinajstić information content (AvgIpc) is 2.78. The summed E-state index contributed by atoms with van der Waals surface area (Å²) < 4.78 is 26.0. The lowest BCUT2D eigenvalue weighted by molar-refractivity contribution is -0.119. The number of hydrogen-bond donors (Lipinski definition) is 1. The number of nitrogens with zero attached hydrogens (tertiary/aromatic N) is 1. The minimum Gasteiger partial charge on any atom is -0.322 e. The van der Waals surface area contributed by atoms with Crippen LogP contribution in [0.3, 0.4) is 0 Å². The van der Waals surface area contributed by atoms with Crippen molar-refractivity contribution >= 4 is 49.1 Å². The number of benzene rings is 2. The molecule has 1 saturated heterocycles. The molecule has 1 N–H and O–H groups in total. The van der Waals surface area contributed by atoms with Crippen molar-refractivity contribution in [3.05, 3.63) is 58.1 Å². The predicted octanol–water partition coefficient (Wildman–Crippen LogP) is 3.32. The van der Waals surface area contributed by atoms with E-state index in [1.165, 1.54) is 24.3 Å². The highest BCUT2D eigenvalue weighted by Crippen LogP contribution is 2.28. The van der Waals surface area contributed by atoms with E-state index in [2.05, 4.69) is 21.2 Å². The third-order valence-electron chi connectivity index (χ3n) is 4.14. The smallest absolute Gasteiger partial charge is 0.255 e. The summed E-state index contributed by atoms with van der Waals surface area (Å²) in [7, 11) is -3.65. The van der Waals surface area contributed by atoms with E-state index in [-0.39, 0.29) is 17.3 Å². The van der Waals surface area contributed by atoms with Crippen LogP contribution in [0, 0.1) is 12.8 Å². The van der Waals surface area contributed by atoms with Crippen LogP contribution in [0.5, 0.6) is 0 Å². The van der Waals surface area contributed by atoms with E-state index in [9.17, 15) is 18.0 Å². The Morgan fingerprint density at radius 2 is 1.85 bits per heavy atom. The number of anilines is 2. The molecule has 1 heterocycles. The third kappa shape index (κ3) is 3.52. The van der Waals surface area contributed by atoms with E-state index in [0.29, 0.717) is 11.3 Å². The van der Waals surface area contributed by atoms with Crippen molar-refractivity contribution in [3.8, 4) is 0 Å². The second kappa shape index (κ2) is 6.85. The zero-order valence-corrected chi connectivity index (χ0v) is 16.6. The number of carbonyl (C=O) groups excluding carboxylic acids is 2. The van der Waals surface area contributed by atoms with E-state index < -0.39 is 21.8 Å².